The molecule has 1 heterocycles. The highest BCUT2D eigenvalue weighted by molar-refractivity contribution is 7.86. The van der Waals surface area contributed by atoms with Gasteiger partial charge in [0.1, 0.15) is 0 Å². The third-order valence-electron chi connectivity index (χ3n) is 4.81. The number of carboxylic acid groups (broad SMARTS) is 1. The molecule has 0 radical (unpaired) electrons. The van der Waals surface area contributed by atoms with E-state index in [0.29, 0.717) is 32.1 Å². The summed E-state index contributed by atoms with van der Waals surface area (Å²) in [6, 6.07) is 5.73. The van der Waals surface area contributed by atoms with Crippen molar-refractivity contribution in [3.63, 3.8) is 0 Å². The summed E-state index contributed by atoms with van der Waals surface area (Å²) in [6.07, 6.45) is 4.01. The number of carbonyl (C=O) groups is 2. The van der Waals surface area contributed by atoms with E-state index in [1.54, 1.807) is 18.2 Å². The van der Waals surface area contributed by atoms with Gasteiger partial charge < -0.3 is 14.7 Å². The first-order chi connectivity index (χ1) is 13.7. The third-order valence-corrected chi connectivity index (χ3v) is 6.16. The molecule has 29 heavy (non-hydrogen) atoms. The summed E-state index contributed by atoms with van der Waals surface area (Å²) < 4.78 is 35.1. The van der Waals surface area contributed by atoms with Gasteiger partial charge in [-0.05, 0) is 44.7 Å². The van der Waals surface area contributed by atoms with Crippen molar-refractivity contribution in [1.29, 1.82) is 0 Å². The molecule has 1 N–H and O–H groups in total. The van der Waals surface area contributed by atoms with Crippen molar-refractivity contribution in [3.05, 3.63) is 42.0 Å². The lowest BCUT2D eigenvalue weighted by atomic mass is 10.1. The number of nitrogens with zero attached hydrogens (tertiary/aromatic N) is 1. The van der Waals surface area contributed by atoms with Crippen LogP contribution < -0.4 is 0 Å². The molecule has 1 aromatic rings. The fraction of sp³-hybridized carbons (Fsp3) is 0.500. The Hall–Kier alpha value is -2.39. The molecule has 1 aromatic carbocycles. The number of hydrogen-bond donors (Lipinski definition) is 1. The lowest BCUT2D eigenvalue weighted by molar-refractivity contribution is -0.140. The first-order valence-electron chi connectivity index (χ1n) is 9.46. The average Bonchev–Trinajstić information content (AvgIpc) is 3.06. The minimum Gasteiger partial charge on any atom is -0.469 e. The molecule has 2 rings (SSSR count). The van der Waals surface area contributed by atoms with Crippen molar-refractivity contribution in [3.8, 4) is 0 Å². The number of hydrogen-bond acceptors (Lipinski definition) is 6. The Kier molecular flexibility index (Phi) is 8.21. The molecule has 8 nitrogen and oxygen atoms in total. The highest BCUT2D eigenvalue weighted by Gasteiger charge is 2.39. The smallest absolute Gasteiger partial charge is 0.407 e. The Morgan fingerprint density at radius 1 is 1.24 bits per heavy atom. The maximum absolute atomic E-state index is 12.6. The molecular weight excluding hydrogens is 398 g/mol. The molecule has 9 heteroatoms. The van der Waals surface area contributed by atoms with E-state index < -0.39 is 28.4 Å². The van der Waals surface area contributed by atoms with Crippen LogP contribution in [0.25, 0.3) is 0 Å². The van der Waals surface area contributed by atoms with Gasteiger partial charge in [-0.2, -0.15) is 8.42 Å². The number of aryl methyl sites for hydroxylation is 1. The van der Waals surface area contributed by atoms with Gasteiger partial charge in [-0.3, -0.25) is 8.98 Å². The largest absolute Gasteiger partial charge is 0.469 e. The van der Waals surface area contributed by atoms with Crippen LogP contribution in [0.4, 0.5) is 4.79 Å². The van der Waals surface area contributed by atoms with Crippen molar-refractivity contribution in [1.82, 2.24) is 4.90 Å². The molecule has 1 aliphatic rings. The number of esters is 1. The molecule has 0 bridgehead atoms. The average molecular weight is 426 g/mol. The summed E-state index contributed by atoms with van der Waals surface area (Å²) in [5.41, 5.74) is 0.928. The number of benzene rings is 1. The van der Waals surface area contributed by atoms with Crippen molar-refractivity contribution in [2.75, 3.05) is 13.7 Å². The van der Waals surface area contributed by atoms with E-state index in [2.05, 4.69) is 4.74 Å². The molecule has 0 saturated carbocycles. The molecule has 1 amide bonds. The number of carbonyl (C=O) groups excluding carboxylic acids is 1. The molecule has 1 fully saturated rings. The first-order valence-corrected chi connectivity index (χ1v) is 10.9. The quantitative estimate of drug-likeness (QED) is 0.280. The second kappa shape index (κ2) is 10.4. The van der Waals surface area contributed by atoms with Crippen LogP contribution in [0.5, 0.6) is 0 Å². The Bertz CT molecular complexity index is 833. The van der Waals surface area contributed by atoms with Crippen LogP contribution in [0.2, 0.25) is 0 Å². The van der Waals surface area contributed by atoms with Crippen LogP contribution in [-0.2, 0) is 23.8 Å². The third kappa shape index (κ3) is 6.57. The van der Waals surface area contributed by atoms with Crippen LogP contribution in [0.3, 0.4) is 0 Å². The topological polar surface area (TPSA) is 110 Å². The Morgan fingerprint density at radius 3 is 2.55 bits per heavy atom. The second-order valence-electron chi connectivity index (χ2n) is 6.91. The number of likely N-dealkylation sites (tertiary alicyclic amines) is 1. The van der Waals surface area contributed by atoms with E-state index in [1.165, 1.54) is 24.1 Å². The van der Waals surface area contributed by atoms with Gasteiger partial charge in [0, 0.05) is 13.0 Å². The first kappa shape index (κ1) is 22.9. The zero-order valence-corrected chi connectivity index (χ0v) is 17.4. The number of methoxy groups -OCH3 is 1. The standard InChI is InChI=1S/C20H27NO7S/c1-15-9-11-16(12-10-15)29(25,26)28-18-13-14-21(20(23)24)17(18)7-5-3-4-6-8-19(22)27-2/h3,5,9-12,17-18H,4,6-8,13-14H2,1-2H3,(H,23,24)/b5-3-. The normalized spacial score (nSPS) is 19.6. The lowest BCUT2D eigenvalue weighted by Crippen LogP contribution is -2.40. The molecule has 0 spiro atoms. The summed E-state index contributed by atoms with van der Waals surface area (Å²) in [5.74, 6) is -0.277. The molecule has 2 atom stereocenters. The Balaban J connectivity index is 2.01. The maximum atomic E-state index is 12.6. The van der Waals surface area contributed by atoms with Gasteiger partial charge in [-0.25, -0.2) is 4.79 Å². The molecule has 1 saturated heterocycles. The predicted molar refractivity (Wildman–Crippen MR) is 106 cm³/mol. The fourth-order valence-corrected chi connectivity index (χ4v) is 4.33. The summed E-state index contributed by atoms with van der Waals surface area (Å²) in [6.45, 7) is 2.07. The van der Waals surface area contributed by atoms with Crippen molar-refractivity contribution < 1.29 is 32.0 Å². The minimum absolute atomic E-state index is 0.0500. The number of rotatable bonds is 9. The van der Waals surface area contributed by atoms with Gasteiger partial charge in [0.05, 0.1) is 24.2 Å². The predicted octanol–water partition coefficient (Wildman–Crippen LogP) is 3.11. The lowest BCUT2D eigenvalue weighted by Gasteiger charge is -2.24. The van der Waals surface area contributed by atoms with Crippen molar-refractivity contribution in [2.45, 2.75) is 56.1 Å². The monoisotopic (exact) mass is 425 g/mol. The van der Waals surface area contributed by atoms with E-state index in [1.807, 2.05) is 13.0 Å². The van der Waals surface area contributed by atoms with Gasteiger partial charge in [-0.1, -0.05) is 29.8 Å². The molecule has 0 aromatic heterocycles. The fourth-order valence-electron chi connectivity index (χ4n) is 3.20. The summed E-state index contributed by atoms with van der Waals surface area (Å²) in [4.78, 5) is 23.9. The Morgan fingerprint density at radius 2 is 1.93 bits per heavy atom. The number of unbranched alkanes of at least 4 members (excludes halogenated alkanes) is 1. The summed E-state index contributed by atoms with van der Waals surface area (Å²) >= 11 is 0. The van der Waals surface area contributed by atoms with E-state index in [9.17, 15) is 23.1 Å². The van der Waals surface area contributed by atoms with Gasteiger partial charge in [0.25, 0.3) is 10.1 Å². The molecule has 2 unspecified atom stereocenters. The van der Waals surface area contributed by atoms with Gasteiger partial charge >= 0.3 is 12.1 Å². The van der Waals surface area contributed by atoms with Gasteiger partial charge in [0.2, 0.25) is 0 Å². The maximum Gasteiger partial charge on any atom is 0.407 e. The van der Waals surface area contributed by atoms with Crippen LogP contribution in [-0.4, -0.2) is 56.3 Å². The second-order valence-corrected chi connectivity index (χ2v) is 8.48. The van der Waals surface area contributed by atoms with Gasteiger partial charge in [-0.15, -0.1) is 0 Å². The van der Waals surface area contributed by atoms with E-state index in [0.717, 1.165) is 5.56 Å². The zero-order valence-electron chi connectivity index (χ0n) is 16.6. The summed E-state index contributed by atoms with van der Waals surface area (Å²) in [7, 11) is -2.65. The highest BCUT2D eigenvalue weighted by Crippen LogP contribution is 2.28. The Labute approximate surface area is 171 Å². The van der Waals surface area contributed by atoms with E-state index >= 15 is 0 Å². The van der Waals surface area contributed by atoms with Crippen molar-refractivity contribution in [2.24, 2.45) is 0 Å². The van der Waals surface area contributed by atoms with E-state index in [4.69, 9.17) is 4.18 Å². The van der Waals surface area contributed by atoms with Crippen LogP contribution in [0.1, 0.15) is 37.7 Å². The highest BCUT2D eigenvalue weighted by atomic mass is 32.2. The van der Waals surface area contributed by atoms with Crippen molar-refractivity contribution >= 4 is 22.2 Å². The van der Waals surface area contributed by atoms with E-state index in [-0.39, 0.29) is 17.4 Å². The van der Waals surface area contributed by atoms with Crippen LogP contribution in [0.15, 0.2) is 41.3 Å². The summed E-state index contributed by atoms with van der Waals surface area (Å²) in [5, 5.41) is 9.42. The van der Waals surface area contributed by atoms with Gasteiger partial charge in [0.15, 0.2) is 0 Å². The number of amides is 1. The number of ether oxygens (including phenoxy) is 1. The minimum atomic E-state index is -3.99. The number of allylic oxidation sites excluding steroid dienone is 1. The molecule has 0 aliphatic carbocycles. The molecule has 160 valence electrons. The van der Waals surface area contributed by atoms with Crippen LogP contribution in [0, 0.1) is 6.92 Å². The molecular formula is C20H27NO7S. The van der Waals surface area contributed by atoms with Crippen LogP contribution >= 0.6 is 0 Å². The zero-order chi connectivity index (χ0) is 21.4. The molecule has 1 aliphatic heterocycles. The SMILES string of the molecule is COC(=O)CCC/C=C\CC1C(OS(=O)(=O)c2ccc(C)cc2)CCN1C(=O)O.